The van der Waals surface area contributed by atoms with E-state index < -0.39 is 0 Å². The summed E-state index contributed by atoms with van der Waals surface area (Å²) in [5, 5.41) is 0. The number of oxazole rings is 1. The second-order valence-electron chi connectivity index (χ2n) is 5.79. The number of benzene rings is 1. The number of aryl methyl sites for hydroxylation is 1. The van der Waals surface area contributed by atoms with Crippen LogP contribution in [-0.2, 0) is 11.2 Å². The number of amides is 1. The van der Waals surface area contributed by atoms with E-state index in [1.54, 1.807) is 0 Å². The maximum atomic E-state index is 12.4. The number of nitrogens with two attached hydrogens (primary N) is 1. The number of aromatic nitrogens is 1. The highest BCUT2D eigenvalue weighted by Gasteiger charge is 2.26. The Labute approximate surface area is 154 Å². The summed E-state index contributed by atoms with van der Waals surface area (Å²) >= 11 is 0. The number of carbonyl (C=O) groups excluding carboxylic acids is 1. The highest BCUT2D eigenvalue weighted by atomic mass is 35.5. The zero-order valence-electron chi connectivity index (χ0n) is 13.6. The Bertz CT molecular complexity index is 661. The van der Waals surface area contributed by atoms with Gasteiger partial charge in [-0.1, -0.05) is 18.2 Å². The van der Waals surface area contributed by atoms with Crippen molar-refractivity contribution in [1.82, 2.24) is 9.88 Å². The normalized spacial score (nSPS) is 16.4. The number of halogens is 2. The molecule has 0 bridgehead atoms. The van der Waals surface area contributed by atoms with Gasteiger partial charge >= 0.3 is 0 Å². The van der Waals surface area contributed by atoms with Crippen molar-refractivity contribution in [1.29, 1.82) is 0 Å². The number of hydrogen-bond donors (Lipinski definition) is 1. The molecule has 0 spiro atoms. The van der Waals surface area contributed by atoms with Gasteiger partial charge in [0.05, 0.1) is 12.1 Å². The van der Waals surface area contributed by atoms with E-state index in [4.69, 9.17) is 10.2 Å². The fourth-order valence-electron chi connectivity index (χ4n) is 2.80. The minimum absolute atomic E-state index is 0. The third-order valence-electron chi connectivity index (χ3n) is 4.20. The highest BCUT2D eigenvalue weighted by Crippen LogP contribution is 2.23. The Morgan fingerprint density at radius 1 is 1.33 bits per heavy atom. The summed E-state index contributed by atoms with van der Waals surface area (Å²) in [5.74, 6) is 1.82. The van der Waals surface area contributed by atoms with Crippen LogP contribution >= 0.6 is 24.8 Å². The van der Waals surface area contributed by atoms with Gasteiger partial charge in [0.15, 0.2) is 0 Å². The predicted molar refractivity (Wildman–Crippen MR) is 98.6 cm³/mol. The van der Waals surface area contributed by atoms with Crippen LogP contribution < -0.4 is 5.73 Å². The molecule has 0 saturated carbocycles. The number of rotatable bonds is 4. The molecule has 2 aromatic rings. The molecule has 3 rings (SSSR count). The zero-order chi connectivity index (χ0) is 15.5. The number of likely N-dealkylation sites (tertiary alicyclic amines) is 1. The monoisotopic (exact) mass is 371 g/mol. The Balaban J connectivity index is 0.00000144. The molecule has 2 heterocycles. The van der Waals surface area contributed by atoms with Crippen molar-refractivity contribution in [2.75, 3.05) is 19.6 Å². The average molecular weight is 372 g/mol. The molecule has 1 fully saturated rings. The molecule has 1 aromatic carbocycles. The van der Waals surface area contributed by atoms with E-state index in [2.05, 4.69) is 4.98 Å². The SMILES string of the molecule is Cc1oc(-c2ccccc2)nc1CC(=O)N1CCC(CN)C1.Cl.Cl. The molecule has 5 nitrogen and oxygen atoms in total. The molecule has 0 radical (unpaired) electrons. The van der Waals surface area contributed by atoms with Gasteiger partial charge in [-0.3, -0.25) is 4.79 Å². The van der Waals surface area contributed by atoms with Gasteiger partial charge in [0.1, 0.15) is 5.76 Å². The van der Waals surface area contributed by atoms with Gasteiger partial charge in [0.2, 0.25) is 11.8 Å². The van der Waals surface area contributed by atoms with E-state index >= 15 is 0 Å². The summed E-state index contributed by atoms with van der Waals surface area (Å²) in [6.07, 6.45) is 1.29. The van der Waals surface area contributed by atoms with Gasteiger partial charge in [0, 0.05) is 18.7 Å². The first-order chi connectivity index (χ1) is 10.7. The van der Waals surface area contributed by atoms with Gasteiger partial charge < -0.3 is 15.1 Å². The van der Waals surface area contributed by atoms with E-state index in [0.29, 0.717) is 30.5 Å². The zero-order valence-corrected chi connectivity index (χ0v) is 15.2. The van der Waals surface area contributed by atoms with Crippen molar-refractivity contribution >= 4 is 30.7 Å². The molecule has 1 amide bonds. The van der Waals surface area contributed by atoms with E-state index in [-0.39, 0.29) is 30.7 Å². The molecule has 1 unspecified atom stereocenters. The summed E-state index contributed by atoms with van der Waals surface area (Å²) in [7, 11) is 0. The molecule has 132 valence electrons. The van der Waals surface area contributed by atoms with Crippen molar-refractivity contribution in [3.05, 3.63) is 41.8 Å². The van der Waals surface area contributed by atoms with Crippen molar-refractivity contribution in [2.24, 2.45) is 11.7 Å². The van der Waals surface area contributed by atoms with Crippen LogP contribution in [-0.4, -0.2) is 35.4 Å². The summed E-state index contributed by atoms with van der Waals surface area (Å²) in [4.78, 5) is 18.8. The van der Waals surface area contributed by atoms with E-state index in [1.807, 2.05) is 42.2 Å². The van der Waals surface area contributed by atoms with Crippen LogP contribution in [0.5, 0.6) is 0 Å². The predicted octanol–water partition coefficient (Wildman–Crippen LogP) is 2.84. The van der Waals surface area contributed by atoms with Crippen LogP contribution in [0, 0.1) is 12.8 Å². The number of hydrogen-bond acceptors (Lipinski definition) is 4. The Kier molecular flexibility index (Phi) is 7.73. The summed E-state index contributed by atoms with van der Waals surface area (Å²) in [6, 6.07) is 9.73. The lowest BCUT2D eigenvalue weighted by Gasteiger charge is -2.15. The molecule has 1 atom stereocenters. The lowest BCUT2D eigenvalue weighted by Crippen LogP contribution is -2.31. The maximum absolute atomic E-state index is 12.4. The Hall–Kier alpha value is -1.56. The maximum Gasteiger partial charge on any atom is 0.228 e. The van der Waals surface area contributed by atoms with Crippen molar-refractivity contribution in [3.8, 4) is 11.5 Å². The molecular formula is C17H23Cl2N3O2. The average Bonchev–Trinajstić information content (AvgIpc) is 3.15. The first-order valence-corrected chi connectivity index (χ1v) is 7.67. The molecule has 1 saturated heterocycles. The van der Waals surface area contributed by atoms with Crippen LogP contribution in [0.15, 0.2) is 34.7 Å². The number of nitrogens with zero attached hydrogens (tertiary/aromatic N) is 2. The second kappa shape index (κ2) is 9.06. The molecule has 24 heavy (non-hydrogen) atoms. The molecule has 1 aliphatic rings. The highest BCUT2D eigenvalue weighted by molar-refractivity contribution is 5.85. The van der Waals surface area contributed by atoms with Gasteiger partial charge in [-0.25, -0.2) is 4.98 Å². The molecule has 0 aliphatic carbocycles. The quantitative estimate of drug-likeness (QED) is 0.896. The van der Waals surface area contributed by atoms with Gasteiger partial charge in [0.25, 0.3) is 0 Å². The van der Waals surface area contributed by atoms with E-state index in [0.717, 1.165) is 30.8 Å². The standard InChI is InChI=1S/C17H21N3O2.2ClH/c1-12-15(9-16(21)20-8-7-13(10-18)11-20)19-17(22-12)14-5-3-2-4-6-14;;/h2-6,13H,7-11,18H2,1H3;2*1H. The number of carbonyl (C=O) groups is 1. The summed E-state index contributed by atoms with van der Waals surface area (Å²) in [5.41, 5.74) is 7.32. The molecule has 7 heteroatoms. The van der Waals surface area contributed by atoms with Crippen molar-refractivity contribution in [2.45, 2.75) is 19.8 Å². The Morgan fingerprint density at radius 2 is 2.04 bits per heavy atom. The third-order valence-corrected chi connectivity index (χ3v) is 4.20. The summed E-state index contributed by atoms with van der Waals surface area (Å²) in [6.45, 7) is 4.06. The van der Waals surface area contributed by atoms with Crippen molar-refractivity contribution in [3.63, 3.8) is 0 Å². The van der Waals surface area contributed by atoms with Crippen LogP contribution in [0.1, 0.15) is 17.9 Å². The minimum Gasteiger partial charge on any atom is -0.441 e. The topological polar surface area (TPSA) is 72.4 Å². The van der Waals surface area contributed by atoms with Gasteiger partial charge in [-0.05, 0) is 37.9 Å². The first kappa shape index (κ1) is 20.5. The van der Waals surface area contributed by atoms with Gasteiger partial charge in [-0.15, -0.1) is 24.8 Å². The fraction of sp³-hybridized carbons (Fsp3) is 0.412. The fourth-order valence-corrected chi connectivity index (χ4v) is 2.80. The van der Waals surface area contributed by atoms with Crippen molar-refractivity contribution < 1.29 is 9.21 Å². The van der Waals surface area contributed by atoms with Gasteiger partial charge in [-0.2, -0.15) is 0 Å². The molecule has 1 aromatic heterocycles. The van der Waals surface area contributed by atoms with Crippen LogP contribution in [0.2, 0.25) is 0 Å². The molecule has 2 N–H and O–H groups in total. The minimum atomic E-state index is 0. The molecule has 1 aliphatic heterocycles. The van der Waals surface area contributed by atoms with Crippen LogP contribution in [0.3, 0.4) is 0 Å². The van der Waals surface area contributed by atoms with Crippen LogP contribution in [0.25, 0.3) is 11.5 Å². The third kappa shape index (κ3) is 4.50. The Morgan fingerprint density at radius 3 is 2.67 bits per heavy atom. The lowest BCUT2D eigenvalue weighted by atomic mass is 10.1. The van der Waals surface area contributed by atoms with Crippen LogP contribution in [0.4, 0.5) is 0 Å². The molecular weight excluding hydrogens is 349 g/mol. The largest absolute Gasteiger partial charge is 0.441 e. The summed E-state index contributed by atoms with van der Waals surface area (Å²) < 4.78 is 5.70. The smallest absolute Gasteiger partial charge is 0.228 e. The van der Waals surface area contributed by atoms with E-state index in [9.17, 15) is 4.79 Å². The second-order valence-corrected chi connectivity index (χ2v) is 5.79. The first-order valence-electron chi connectivity index (χ1n) is 7.67. The van der Waals surface area contributed by atoms with E-state index in [1.165, 1.54) is 0 Å². The lowest BCUT2D eigenvalue weighted by molar-refractivity contribution is -0.129.